The second kappa shape index (κ2) is 8.29. The number of unbranched alkanes of at least 4 members (excludes halogenated alkanes) is 5. The fraction of sp³-hybridized carbons (Fsp3) is 0.381. The molecule has 0 amide bonds. The fourth-order valence-corrected chi connectivity index (χ4v) is 4.05. The minimum Gasteiger partial charge on any atom is -0.508 e. The summed E-state index contributed by atoms with van der Waals surface area (Å²) >= 11 is 1.73. The molecule has 0 saturated heterocycles. The molecule has 0 aliphatic rings. The Morgan fingerprint density at radius 1 is 0.917 bits per heavy atom. The number of aryl methyl sites for hydroxylation is 1. The summed E-state index contributed by atoms with van der Waals surface area (Å²) in [7, 11) is 0. The van der Waals surface area contributed by atoms with E-state index in [4.69, 9.17) is 4.98 Å². The molecule has 0 fully saturated rings. The number of para-hydroxylation sites is 1. The summed E-state index contributed by atoms with van der Waals surface area (Å²) in [5.74, 6) is 0.295. The van der Waals surface area contributed by atoms with Crippen LogP contribution in [0.1, 0.15) is 51.0 Å². The van der Waals surface area contributed by atoms with E-state index in [0.29, 0.717) is 5.75 Å². The van der Waals surface area contributed by atoms with E-state index in [1.807, 2.05) is 12.1 Å². The Morgan fingerprint density at radius 2 is 1.67 bits per heavy atom. The monoisotopic (exact) mass is 339 g/mol. The van der Waals surface area contributed by atoms with Gasteiger partial charge < -0.3 is 5.11 Å². The highest BCUT2D eigenvalue weighted by atomic mass is 32.1. The topological polar surface area (TPSA) is 33.1 Å². The third-order valence-electron chi connectivity index (χ3n) is 4.42. The molecule has 1 N–H and O–H groups in total. The van der Waals surface area contributed by atoms with Crippen LogP contribution in [-0.4, -0.2) is 10.1 Å². The van der Waals surface area contributed by atoms with Crippen LogP contribution in [-0.2, 0) is 6.42 Å². The van der Waals surface area contributed by atoms with E-state index in [1.54, 1.807) is 23.5 Å². The lowest BCUT2D eigenvalue weighted by molar-refractivity contribution is 0.475. The van der Waals surface area contributed by atoms with Gasteiger partial charge in [0.1, 0.15) is 10.8 Å². The molecule has 126 valence electrons. The number of rotatable bonds is 8. The van der Waals surface area contributed by atoms with Gasteiger partial charge in [-0.1, -0.05) is 51.2 Å². The highest BCUT2D eigenvalue weighted by molar-refractivity contribution is 7.21. The molecular weight excluding hydrogens is 314 g/mol. The zero-order valence-corrected chi connectivity index (χ0v) is 15.1. The first-order valence-electron chi connectivity index (χ1n) is 8.96. The number of phenolic OH excluding ortho intramolecular Hbond substituents is 1. The van der Waals surface area contributed by atoms with E-state index < -0.39 is 0 Å². The maximum atomic E-state index is 9.44. The Balaban J connectivity index is 1.71. The molecule has 3 heteroatoms. The lowest BCUT2D eigenvalue weighted by Gasteiger charge is -2.03. The van der Waals surface area contributed by atoms with Crippen molar-refractivity contribution >= 4 is 21.6 Å². The van der Waals surface area contributed by atoms with Gasteiger partial charge in [-0.05, 0) is 48.7 Å². The number of aromatic nitrogens is 1. The van der Waals surface area contributed by atoms with E-state index in [9.17, 15) is 5.11 Å². The molecule has 2 nitrogen and oxygen atoms in total. The molecule has 1 aromatic heterocycles. The Kier molecular flexibility index (Phi) is 5.86. The quantitative estimate of drug-likeness (QED) is 0.471. The highest BCUT2D eigenvalue weighted by Crippen LogP contribution is 2.33. The van der Waals surface area contributed by atoms with Crippen molar-refractivity contribution in [3.8, 4) is 16.3 Å². The Bertz CT molecular complexity index is 776. The third kappa shape index (κ3) is 4.15. The molecule has 0 atom stereocenters. The van der Waals surface area contributed by atoms with Gasteiger partial charge in [-0.2, -0.15) is 0 Å². The minimum atomic E-state index is 0.295. The van der Waals surface area contributed by atoms with Crippen LogP contribution in [0.4, 0.5) is 0 Å². The average molecular weight is 340 g/mol. The van der Waals surface area contributed by atoms with Gasteiger partial charge in [0.25, 0.3) is 0 Å². The summed E-state index contributed by atoms with van der Waals surface area (Å²) in [5, 5.41) is 10.5. The Labute approximate surface area is 148 Å². The van der Waals surface area contributed by atoms with Crippen LogP contribution in [0, 0.1) is 0 Å². The Hall–Kier alpha value is -1.87. The average Bonchev–Trinajstić information content (AvgIpc) is 3.03. The molecule has 2 aromatic carbocycles. The number of hydrogen-bond acceptors (Lipinski definition) is 3. The van der Waals surface area contributed by atoms with Crippen LogP contribution in [0.2, 0.25) is 0 Å². The second-order valence-electron chi connectivity index (χ2n) is 6.35. The first-order chi connectivity index (χ1) is 11.8. The molecule has 0 aliphatic heterocycles. The SMILES string of the molecule is CCCCCCCCc1cccc2sc(-c3ccc(O)cc3)nc12. The number of benzene rings is 2. The van der Waals surface area contributed by atoms with Crippen molar-refractivity contribution in [1.82, 2.24) is 4.98 Å². The van der Waals surface area contributed by atoms with Gasteiger partial charge in [0.05, 0.1) is 10.2 Å². The van der Waals surface area contributed by atoms with Gasteiger partial charge in [-0.3, -0.25) is 0 Å². The van der Waals surface area contributed by atoms with Crippen LogP contribution < -0.4 is 0 Å². The number of fused-ring (bicyclic) bond motifs is 1. The molecule has 0 bridgehead atoms. The van der Waals surface area contributed by atoms with Gasteiger partial charge in [-0.15, -0.1) is 11.3 Å². The normalized spacial score (nSPS) is 11.2. The van der Waals surface area contributed by atoms with Crippen LogP contribution in [0.5, 0.6) is 5.75 Å². The minimum absolute atomic E-state index is 0.295. The van der Waals surface area contributed by atoms with E-state index in [2.05, 4.69) is 25.1 Å². The predicted octanol–water partition coefficient (Wildman–Crippen LogP) is 6.57. The fourth-order valence-electron chi connectivity index (χ4n) is 3.03. The van der Waals surface area contributed by atoms with Crippen molar-refractivity contribution in [3.05, 3.63) is 48.0 Å². The summed E-state index contributed by atoms with van der Waals surface area (Å²) in [5.41, 5.74) is 3.59. The van der Waals surface area contributed by atoms with Crippen molar-refractivity contribution in [2.24, 2.45) is 0 Å². The number of aromatic hydroxyl groups is 1. The van der Waals surface area contributed by atoms with Crippen molar-refractivity contribution in [2.75, 3.05) is 0 Å². The number of nitrogens with zero attached hydrogens (tertiary/aromatic N) is 1. The summed E-state index contributed by atoms with van der Waals surface area (Å²) in [6.07, 6.45) is 9.04. The van der Waals surface area contributed by atoms with Crippen LogP contribution in [0.3, 0.4) is 0 Å². The molecule has 1 heterocycles. The molecule has 0 unspecified atom stereocenters. The summed E-state index contributed by atoms with van der Waals surface area (Å²) in [6.45, 7) is 2.26. The summed E-state index contributed by atoms with van der Waals surface area (Å²) < 4.78 is 1.25. The van der Waals surface area contributed by atoms with Crippen molar-refractivity contribution < 1.29 is 5.11 Å². The van der Waals surface area contributed by atoms with Gasteiger partial charge in [0, 0.05) is 5.56 Å². The van der Waals surface area contributed by atoms with Gasteiger partial charge in [0.2, 0.25) is 0 Å². The molecule has 0 saturated carbocycles. The maximum absolute atomic E-state index is 9.44. The van der Waals surface area contributed by atoms with Gasteiger partial charge >= 0.3 is 0 Å². The molecule has 0 spiro atoms. The van der Waals surface area contributed by atoms with Crippen molar-refractivity contribution in [2.45, 2.75) is 51.9 Å². The lowest BCUT2D eigenvalue weighted by Crippen LogP contribution is -1.88. The third-order valence-corrected chi connectivity index (χ3v) is 5.49. The van der Waals surface area contributed by atoms with E-state index in [0.717, 1.165) is 22.5 Å². The van der Waals surface area contributed by atoms with E-state index in [-0.39, 0.29) is 0 Å². The van der Waals surface area contributed by atoms with Crippen LogP contribution in [0.15, 0.2) is 42.5 Å². The predicted molar refractivity (Wildman–Crippen MR) is 104 cm³/mol. The van der Waals surface area contributed by atoms with Crippen LogP contribution in [0.25, 0.3) is 20.8 Å². The maximum Gasteiger partial charge on any atom is 0.124 e. The summed E-state index contributed by atoms with van der Waals surface area (Å²) in [4.78, 5) is 4.88. The lowest BCUT2D eigenvalue weighted by atomic mass is 10.0. The van der Waals surface area contributed by atoms with E-state index >= 15 is 0 Å². The van der Waals surface area contributed by atoms with Crippen LogP contribution >= 0.6 is 11.3 Å². The van der Waals surface area contributed by atoms with Crippen molar-refractivity contribution in [1.29, 1.82) is 0 Å². The molecule has 3 aromatic rings. The van der Waals surface area contributed by atoms with Gasteiger partial charge in [-0.25, -0.2) is 4.98 Å². The smallest absolute Gasteiger partial charge is 0.124 e. The number of hydrogen-bond donors (Lipinski definition) is 1. The molecule has 0 radical (unpaired) electrons. The molecule has 0 aliphatic carbocycles. The van der Waals surface area contributed by atoms with Gasteiger partial charge in [0.15, 0.2) is 0 Å². The molecule has 24 heavy (non-hydrogen) atoms. The largest absolute Gasteiger partial charge is 0.508 e. The number of phenols is 1. The number of thiazole rings is 1. The first kappa shape index (κ1) is 17.0. The Morgan fingerprint density at radius 3 is 2.46 bits per heavy atom. The zero-order chi connectivity index (χ0) is 16.8. The molecule has 3 rings (SSSR count). The highest BCUT2D eigenvalue weighted by Gasteiger charge is 2.09. The zero-order valence-electron chi connectivity index (χ0n) is 14.3. The van der Waals surface area contributed by atoms with E-state index in [1.165, 1.54) is 48.8 Å². The second-order valence-corrected chi connectivity index (χ2v) is 7.38. The van der Waals surface area contributed by atoms with Crippen molar-refractivity contribution in [3.63, 3.8) is 0 Å². The molecular formula is C21H25NOS. The standard InChI is InChI=1S/C21H25NOS/c1-2-3-4-5-6-7-9-16-10-8-11-19-20(16)22-21(24-19)17-12-14-18(23)15-13-17/h8,10-15,23H,2-7,9H2,1H3. The summed E-state index contributed by atoms with van der Waals surface area (Å²) in [6, 6.07) is 13.8. The first-order valence-corrected chi connectivity index (χ1v) is 9.77.